The summed E-state index contributed by atoms with van der Waals surface area (Å²) < 4.78 is 0. The molecule has 0 bridgehead atoms. The number of nitrogens with one attached hydrogen (secondary N) is 4. The van der Waals surface area contributed by atoms with Crippen LogP contribution in [-0.4, -0.2) is 36.7 Å². The van der Waals surface area contributed by atoms with Gasteiger partial charge in [-0.05, 0) is 40.6 Å². The van der Waals surface area contributed by atoms with Crippen LogP contribution in [0.25, 0.3) is 0 Å². The lowest BCUT2D eigenvalue weighted by Crippen LogP contribution is -2.30. The second-order valence-electron chi connectivity index (χ2n) is 6.99. The minimum Gasteiger partial charge on any atom is -0.352 e. The van der Waals surface area contributed by atoms with E-state index < -0.39 is 0 Å². The molecule has 0 unspecified atom stereocenters. The molecule has 0 aliphatic heterocycles. The highest BCUT2D eigenvalue weighted by Gasteiger charge is 2.09. The van der Waals surface area contributed by atoms with E-state index in [9.17, 15) is 19.2 Å². The van der Waals surface area contributed by atoms with Crippen LogP contribution in [-0.2, 0) is 16.1 Å². The van der Waals surface area contributed by atoms with E-state index >= 15 is 0 Å². The van der Waals surface area contributed by atoms with E-state index in [2.05, 4.69) is 21.3 Å². The number of hydrogen-bond acceptors (Lipinski definition) is 6. The molecular formula is C23H24N4O4S2. The molecule has 2 aromatic heterocycles. The smallest absolute Gasteiger partial charge is 0.261 e. The van der Waals surface area contributed by atoms with Crippen molar-refractivity contribution in [3.63, 3.8) is 0 Å². The summed E-state index contributed by atoms with van der Waals surface area (Å²) in [6.45, 7) is 0.793. The van der Waals surface area contributed by atoms with Gasteiger partial charge in [0.15, 0.2) is 0 Å². The number of benzene rings is 1. The number of carbonyl (C=O) groups excluding carboxylic acids is 4. The molecule has 0 aliphatic rings. The molecule has 0 radical (unpaired) electrons. The number of rotatable bonds is 11. The van der Waals surface area contributed by atoms with Crippen LogP contribution in [0.4, 0.5) is 5.69 Å². The summed E-state index contributed by atoms with van der Waals surface area (Å²) in [4.78, 5) is 49.2. The number of amides is 4. The number of anilines is 1. The Morgan fingerprint density at radius 1 is 0.697 bits per heavy atom. The van der Waals surface area contributed by atoms with Crippen molar-refractivity contribution in [3.8, 4) is 0 Å². The maximum absolute atomic E-state index is 12.2. The first-order chi connectivity index (χ1) is 16.0. The zero-order valence-electron chi connectivity index (χ0n) is 17.8. The van der Waals surface area contributed by atoms with Crippen molar-refractivity contribution in [2.75, 3.05) is 18.4 Å². The molecule has 4 amide bonds. The lowest BCUT2D eigenvalue weighted by molar-refractivity contribution is -0.121. The molecule has 172 valence electrons. The fourth-order valence-corrected chi connectivity index (χ4v) is 4.12. The van der Waals surface area contributed by atoms with Crippen LogP contribution in [0.5, 0.6) is 0 Å². The molecule has 4 N–H and O–H groups in total. The summed E-state index contributed by atoms with van der Waals surface area (Å²) in [5.41, 5.74) is 1.44. The second-order valence-corrected chi connectivity index (χ2v) is 8.89. The van der Waals surface area contributed by atoms with Gasteiger partial charge >= 0.3 is 0 Å². The van der Waals surface area contributed by atoms with Crippen LogP contribution < -0.4 is 21.3 Å². The molecule has 2 heterocycles. The number of carbonyl (C=O) groups is 4. The fourth-order valence-electron chi connectivity index (χ4n) is 2.84. The highest BCUT2D eigenvalue weighted by atomic mass is 32.1. The molecule has 33 heavy (non-hydrogen) atoms. The van der Waals surface area contributed by atoms with Gasteiger partial charge in [0.05, 0.1) is 9.75 Å². The molecule has 0 saturated heterocycles. The molecule has 0 aliphatic carbocycles. The molecule has 0 atom stereocenters. The van der Waals surface area contributed by atoms with Gasteiger partial charge in [0.25, 0.3) is 11.8 Å². The number of hydrogen-bond donors (Lipinski definition) is 4. The zero-order chi connectivity index (χ0) is 23.5. The largest absolute Gasteiger partial charge is 0.352 e. The highest BCUT2D eigenvalue weighted by molar-refractivity contribution is 7.12. The van der Waals surface area contributed by atoms with E-state index in [0.717, 1.165) is 5.56 Å². The third kappa shape index (κ3) is 8.17. The minimum absolute atomic E-state index is 0.148. The van der Waals surface area contributed by atoms with Gasteiger partial charge in [0.1, 0.15) is 0 Å². The minimum atomic E-state index is -0.218. The van der Waals surface area contributed by atoms with Crippen molar-refractivity contribution in [1.29, 1.82) is 0 Å². The summed E-state index contributed by atoms with van der Waals surface area (Å²) in [5, 5.41) is 14.7. The molecule has 1 aromatic carbocycles. The summed E-state index contributed by atoms with van der Waals surface area (Å²) in [5.74, 6) is -0.782. The Labute approximate surface area is 199 Å². The Hall–Kier alpha value is -3.50. The number of thiophene rings is 2. The first-order valence-electron chi connectivity index (χ1n) is 10.3. The van der Waals surface area contributed by atoms with Crippen LogP contribution in [0, 0.1) is 0 Å². The Bertz CT molecular complexity index is 1080. The van der Waals surface area contributed by atoms with E-state index in [1.807, 2.05) is 16.8 Å². The van der Waals surface area contributed by atoms with Gasteiger partial charge in [-0.2, -0.15) is 0 Å². The van der Waals surface area contributed by atoms with Gasteiger partial charge in [0, 0.05) is 38.2 Å². The van der Waals surface area contributed by atoms with E-state index in [1.54, 1.807) is 42.5 Å². The van der Waals surface area contributed by atoms with Crippen LogP contribution in [0.1, 0.15) is 37.7 Å². The Kier molecular flexibility index (Phi) is 9.16. The van der Waals surface area contributed by atoms with Crippen molar-refractivity contribution in [2.45, 2.75) is 19.4 Å². The Morgan fingerprint density at radius 2 is 1.30 bits per heavy atom. The van der Waals surface area contributed by atoms with Crippen LogP contribution in [0.15, 0.2) is 59.3 Å². The molecule has 0 spiro atoms. The van der Waals surface area contributed by atoms with Gasteiger partial charge in [-0.15, -0.1) is 22.7 Å². The van der Waals surface area contributed by atoms with Crippen molar-refractivity contribution >= 4 is 52.0 Å². The van der Waals surface area contributed by atoms with Crippen LogP contribution in [0.3, 0.4) is 0 Å². The summed E-state index contributed by atoms with van der Waals surface area (Å²) >= 11 is 2.69. The van der Waals surface area contributed by atoms with Gasteiger partial charge in [-0.3, -0.25) is 19.2 Å². The molecular weight excluding hydrogens is 460 g/mol. The standard InChI is InChI=1S/C23H24N4O4S2/c28-20(8-10-24-22(30)18-6-2-12-32-18)26-15-16-4-1-5-17(14-16)27-21(29)9-11-25-23(31)19-7-3-13-33-19/h1-7,12-14H,8-11,15H2,(H,24,30)(H,25,31)(H,26,28)(H,27,29). The molecule has 0 fully saturated rings. The Morgan fingerprint density at radius 3 is 1.88 bits per heavy atom. The average molecular weight is 485 g/mol. The van der Waals surface area contributed by atoms with Crippen molar-refractivity contribution in [2.24, 2.45) is 0 Å². The maximum atomic E-state index is 12.2. The van der Waals surface area contributed by atoms with Crippen molar-refractivity contribution < 1.29 is 19.2 Å². The van der Waals surface area contributed by atoms with E-state index in [1.165, 1.54) is 22.7 Å². The predicted molar refractivity (Wildman–Crippen MR) is 129 cm³/mol. The molecule has 8 nitrogen and oxygen atoms in total. The molecule has 3 rings (SSSR count). The normalized spacial score (nSPS) is 10.3. The first-order valence-corrected chi connectivity index (χ1v) is 12.1. The average Bonchev–Trinajstić information content (AvgIpc) is 3.52. The molecule has 10 heteroatoms. The third-order valence-electron chi connectivity index (χ3n) is 4.47. The summed E-state index contributed by atoms with van der Waals surface area (Å²) in [6, 6.07) is 14.2. The van der Waals surface area contributed by atoms with Gasteiger partial charge in [-0.1, -0.05) is 24.3 Å². The van der Waals surface area contributed by atoms with Crippen molar-refractivity contribution in [3.05, 3.63) is 74.6 Å². The van der Waals surface area contributed by atoms with E-state index in [4.69, 9.17) is 0 Å². The highest BCUT2D eigenvalue weighted by Crippen LogP contribution is 2.12. The quantitative estimate of drug-likeness (QED) is 0.335. The summed E-state index contributed by atoms with van der Waals surface area (Å²) in [7, 11) is 0. The van der Waals surface area contributed by atoms with Gasteiger partial charge in [0.2, 0.25) is 11.8 Å². The van der Waals surface area contributed by atoms with Gasteiger partial charge in [-0.25, -0.2) is 0 Å². The zero-order valence-corrected chi connectivity index (χ0v) is 19.4. The lowest BCUT2D eigenvalue weighted by Gasteiger charge is -2.09. The SMILES string of the molecule is O=C(CCNC(=O)c1cccs1)NCc1cccc(NC(=O)CCNC(=O)c2cccs2)c1. The van der Waals surface area contributed by atoms with Crippen molar-refractivity contribution in [1.82, 2.24) is 16.0 Å². The van der Waals surface area contributed by atoms with Crippen LogP contribution >= 0.6 is 22.7 Å². The molecule has 0 saturated carbocycles. The maximum Gasteiger partial charge on any atom is 0.261 e. The van der Waals surface area contributed by atoms with Gasteiger partial charge < -0.3 is 21.3 Å². The fraction of sp³-hybridized carbons (Fsp3) is 0.217. The Balaban J connectivity index is 1.34. The monoisotopic (exact) mass is 484 g/mol. The first kappa shape index (κ1) is 24.1. The third-order valence-corrected chi connectivity index (χ3v) is 6.20. The summed E-state index contributed by atoms with van der Waals surface area (Å²) in [6.07, 6.45) is 0.319. The topological polar surface area (TPSA) is 116 Å². The van der Waals surface area contributed by atoms with E-state index in [0.29, 0.717) is 22.0 Å². The predicted octanol–water partition coefficient (Wildman–Crippen LogP) is 3.00. The van der Waals surface area contributed by atoms with Crippen LogP contribution in [0.2, 0.25) is 0 Å². The second kappa shape index (κ2) is 12.5. The molecule has 3 aromatic rings. The lowest BCUT2D eigenvalue weighted by atomic mass is 10.2. The van der Waals surface area contributed by atoms with E-state index in [-0.39, 0.29) is 49.6 Å².